The van der Waals surface area contributed by atoms with Crippen molar-refractivity contribution in [2.45, 2.75) is 45.1 Å². The molecule has 0 aromatic carbocycles. The van der Waals surface area contributed by atoms with Gasteiger partial charge in [0.2, 0.25) is 0 Å². The number of nitrogens with one attached hydrogen (secondary N) is 1. The summed E-state index contributed by atoms with van der Waals surface area (Å²) in [5, 5.41) is 3.20. The van der Waals surface area contributed by atoms with E-state index in [1.165, 1.54) is 7.11 Å². The Bertz CT molecular complexity index is 460. The Morgan fingerprint density at radius 2 is 2.00 bits per heavy atom. The van der Waals surface area contributed by atoms with Crippen LogP contribution in [-0.2, 0) is 9.53 Å². The van der Waals surface area contributed by atoms with Gasteiger partial charge in [0.05, 0.1) is 13.0 Å². The fourth-order valence-corrected chi connectivity index (χ4v) is 4.26. The van der Waals surface area contributed by atoms with Gasteiger partial charge in [0.1, 0.15) is 0 Å². The fraction of sp³-hybridized carbons (Fsp3) is 0.882. The Hall–Kier alpha value is -1.30. The van der Waals surface area contributed by atoms with Crippen LogP contribution in [0.5, 0.6) is 0 Å². The quantitative estimate of drug-likeness (QED) is 0.799. The third-order valence-corrected chi connectivity index (χ3v) is 6.00. The average molecular weight is 323 g/mol. The number of carbonyl (C=O) groups excluding carboxylic acids is 2. The van der Waals surface area contributed by atoms with Crippen LogP contribution in [0.1, 0.15) is 39.0 Å². The maximum absolute atomic E-state index is 12.5. The number of nitrogens with zero attached hydrogens (tertiary/aromatic N) is 2. The zero-order valence-corrected chi connectivity index (χ0v) is 14.3. The molecule has 2 heterocycles. The van der Waals surface area contributed by atoms with Crippen molar-refractivity contribution in [3.05, 3.63) is 0 Å². The number of piperidine rings is 2. The molecule has 0 aromatic rings. The first-order chi connectivity index (χ1) is 11.1. The molecule has 130 valence electrons. The summed E-state index contributed by atoms with van der Waals surface area (Å²) in [5.41, 5.74) is 0.119. The standard InChI is InChI=1S/C17H29N3O3/c1-3-19-8-4-5-13(12-19)18-16(22)20-9-6-17(7-10-20)11-14(17)15(21)23-2/h13-14H,3-12H2,1-2H3,(H,18,22)/t13-,14+/m0/s1. The first-order valence-corrected chi connectivity index (χ1v) is 8.93. The molecule has 0 radical (unpaired) electrons. The van der Waals surface area contributed by atoms with Crippen molar-refractivity contribution in [1.29, 1.82) is 0 Å². The molecule has 0 bridgehead atoms. The molecule has 1 N–H and O–H groups in total. The molecule has 2 amide bonds. The molecule has 2 saturated heterocycles. The molecule has 2 aliphatic heterocycles. The van der Waals surface area contributed by atoms with E-state index in [0.717, 1.165) is 64.8 Å². The average Bonchev–Trinajstić information content (AvgIpc) is 3.28. The zero-order chi connectivity index (χ0) is 16.4. The summed E-state index contributed by atoms with van der Waals surface area (Å²) in [5.74, 6) is -0.0149. The Labute approximate surface area is 138 Å². The Morgan fingerprint density at radius 1 is 1.26 bits per heavy atom. The molecule has 6 heteroatoms. The largest absolute Gasteiger partial charge is 0.469 e. The van der Waals surface area contributed by atoms with Crippen molar-refractivity contribution < 1.29 is 14.3 Å². The number of urea groups is 1. The molecule has 0 aromatic heterocycles. The minimum absolute atomic E-state index is 0.0640. The van der Waals surface area contributed by atoms with Crippen LogP contribution in [0.4, 0.5) is 4.79 Å². The first-order valence-electron chi connectivity index (χ1n) is 8.93. The van der Waals surface area contributed by atoms with Gasteiger partial charge < -0.3 is 19.9 Å². The lowest BCUT2D eigenvalue weighted by molar-refractivity contribution is -0.143. The van der Waals surface area contributed by atoms with Crippen LogP contribution >= 0.6 is 0 Å². The number of rotatable bonds is 3. The topological polar surface area (TPSA) is 61.9 Å². The van der Waals surface area contributed by atoms with E-state index in [4.69, 9.17) is 4.74 Å². The van der Waals surface area contributed by atoms with Gasteiger partial charge in [-0.2, -0.15) is 0 Å². The SMILES string of the molecule is CCN1CCC[C@H](NC(=O)N2CCC3(CC2)C[C@@H]3C(=O)OC)C1. The smallest absolute Gasteiger partial charge is 0.317 e. The van der Waals surface area contributed by atoms with Crippen molar-refractivity contribution in [2.24, 2.45) is 11.3 Å². The highest BCUT2D eigenvalue weighted by atomic mass is 16.5. The zero-order valence-electron chi connectivity index (χ0n) is 14.3. The molecule has 2 atom stereocenters. The number of carbonyl (C=O) groups is 2. The van der Waals surface area contributed by atoms with E-state index >= 15 is 0 Å². The second kappa shape index (κ2) is 6.67. The highest BCUT2D eigenvalue weighted by molar-refractivity contribution is 5.77. The number of methoxy groups -OCH3 is 1. The minimum atomic E-state index is -0.0789. The van der Waals surface area contributed by atoms with Gasteiger partial charge in [-0.3, -0.25) is 4.79 Å². The molecule has 3 rings (SSSR count). The Balaban J connectivity index is 1.45. The lowest BCUT2D eigenvalue weighted by Crippen LogP contribution is -2.53. The summed E-state index contributed by atoms with van der Waals surface area (Å²) in [6.45, 7) is 6.83. The summed E-state index contributed by atoms with van der Waals surface area (Å²) < 4.78 is 4.86. The van der Waals surface area contributed by atoms with Crippen molar-refractivity contribution >= 4 is 12.0 Å². The highest BCUT2D eigenvalue weighted by Crippen LogP contribution is 2.59. The van der Waals surface area contributed by atoms with Gasteiger partial charge in [-0.25, -0.2) is 4.79 Å². The third kappa shape index (κ3) is 3.47. The van der Waals surface area contributed by atoms with Crippen LogP contribution in [0.25, 0.3) is 0 Å². The number of likely N-dealkylation sites (tertiary alicyclic amines) is 2. The first kappa shape index (κ1) is 16.6. The van der Waals surface area contributed by atoms with E-state index in [1.54, 1.807) is 0 Å². The maximum atomic E-state index is 12.5. The normalized spacial score (nSPS) is 30.1. The molecule has 3 fully saturated rings. The second-order valence-corrected chi connectivity index (χ2v) is 7.31. The summed E-state index contributed by atoms with van der Waals surface area (Å²) in [6.07, 6.45) is 5.01. The van der Waals surface area contributed by atoms with E-state index in [2.05, 4.69) is 17.1 Å². The number of ether oxygens (including phenoxy) is 1. The molecule has 3 aliphatic rings. The van der Waals surface area contributed by atoms with Gasteiger partial charge in [0.25, 0.3) is 0 Å². The van der Waals surface area contributed by atoms with Crippen LogP contribution in [0.3, 0.4) is 0 Å². The van der Waals surface area contributed by atoms with Crippen LogP contribution in [0.15, 0.2) is 0 Å². The second-order valence-electron chi connectivity index (χ2n) is 7.31. The third-order valence-electron chi connectivity index (χ3n) is 6.00. The summed E-state index contributed by atoms with van der Waals surface area (Å²) >= 11 is 0. The van der Waals surface area contributed by atoms with Gasteiger partial charge in [-0.1, -0.05) is 6.92 Å². The summed E-state index contributed by atoms with van der Waals surface area (Å²) in [7, 11) is 1.46. The molecule has 0 unspecified atom stereocenters. The van der Waals surface area contributed by atoms with Crippen molar-refractivity contribution in [1.82, 2.24) is 15.1 Å². The number of amides is 2. The molecular weight excluding hydrogens is 294 g/mol. The van der Waals surface area contributed by atoms with Crippen molar-refractivity contribution in [3.8, 4) is 0 Å². The summed E-state index contributed by atoms with van der Waals surface area (Å²) in [6, 6.07) is 0.342. The number of hydrogen-bond acceptors (Lipinski definition) is 4. The van der Waals surface area contributed by atoms with Gasteiger partial charge in [-0.15, -0.1) is 0 Å². The number of hydrogen-bond donors (Lipinski definition) is 1. The van der Waals surface area contributed by atoms with Gasteiger partial charge in [0, 0.05) is 25.7 Å². The lowest BCUT2D eigenvalue weighted by atomic mass is 9.91. The number of likely N-dealkylation sites (N-methyl/N-ethyl adjacent to an activating group) is 1. The van der Waals surface area contributed by atoms with E-state index in [-0.39, 0.29) is 29.4 Å². The van der Waals surface area contributed by atoms with Crippen LogP contribution in [0.2, 0.25) is 0 Å². The molecule has 23 heavy (non-hydrogen) atoms. The molecule has 1 spiro atoms. The minimum Gasteiger partial charge on any atom is -0.469 e. The van der Waals surface area contributed by atoms with E-state index in [0.29, 0.717) is 0 Å². The van der Waals surface area contributed by atoms with Gasteiger partial charge in [0.15, 0.2) is 0 Å². The predicted molar refractivity (Wildman–Crippen MR) is 87.0 cm³/mol. The van der Waals surface area contributed by atoms with Crippen molar-refractivity contribution in [2.75, 3.05) is 39.8 Å². The number of esters is 1. The molecule has 1 saturated carbocycles. The van der Waals surface area contributed by atoms with Gasteiger partial charge >= 0.3 is 12.0 Å². The molecule has 1 aliphatic carbocycles. The van der Waals surface area contributed by atoms with E-state index in [9.17, 15) is 9.59 Å². The van der Waals surface area contributed by atoms with Gasteiger partial charge in [-0.05, 0) is 50.6 Å². The van der Waals surface area contributed by atoms with Crippen LogP contribution in [0, 0.1) is 11.3 Å². The highest BCUT2D eigenvalue weighted by Gasteiger charge is 2.59. The Morgan fingerprint density at radius 3 is 2.65 bits per heavy atom. The fourth-order valence-electron chi connectivity index (χ4n) is 4.26. The summed E-state index contributed by atoms with van der Waals surface area (Å²) in [4.78, 5) is 28.4. The van der Waals surface area contributed by atoms with E-state index < -0.39 is 0 Å². The van der Waals surface area contributed by atoms with Crippen LogP contribution < -0.4 is 5.32 Å². The van der Waals surface area contributed by atoms with Crippen LogP contribution in [-0.4, -0.2) is 67.7 Å². The molecule has 6 nitrogen and oxygen atoms in total. The molecular formula is C17H29N3O3. The predicted octanol–water partition coefficient (Wildman–Crippen LogP) is 1.46. The van der Waals surface area contributed by atoms with E-state index in [1.807, 2.05) is 4.90 Å². The monoisotopic (exact) mass is 323 g/mol. The Kier molecular flexibility index (Phi) is 4.80. The maximum Gasteiger partial charge on any atom is 0.317 e. The lowest BCUT2D eigenvalue weighted by Gasteiger charge is -2.36. The van der Waals surface area contributed by atoms with Crippen molar-refractivity contribution in [3.63, 3.8) is 0 Å².